The molecule has 1 aliphatic rings. The van der Waals surface area contributed by atoms with Crippen LogP contribution < -0.4 is 5.32 Å². The van der Waals surface area contributed by atoms with Crippen molar-refractivity contribution in [3.63, 3.8) is 0 Å². The molecule has 0 amide bonds. The first-order chi connectivity index (χ1) is 8.43. The fourth-order valence-corrected chi connectivity index (χ4v) is 3.05. The van der Waals surface area contributed by atoms with Crippen molar-refractivity contribution in [2.45, 2.75) is 72.3 Å². The van der Waals surface area contributed by atoms with Crippen molar-refractivity contribution in [2.24, 2.45) is 11.3 Å². The normalized spacial score (nSPS) is 29.5. The third kappa shape index (κ3) is 4.55. The molecule has 1 rings (SSSR count). The predicted molar refractivity (Wildman–Crippen MR) is 78.9 cm³/mol. The molecule has 0 aromatic heterocycles. The summed E-state index contributed by atoms with van der Waals surface area (Å²) in [6, 6.07) is 0. The Balaban J connectivity index is 2.55. The maximum atomic E-state index is 6.22. The number of rotatable bonds is 6. The van der Waals surface area contributed by atoms with Gasteiger partial charge in [0, 0.05) is 13.2 Å². The number of nitrogens with one attached hydrogen (secondary N) is 1. The Morgan fingerprint density at radius 3 is 2.22 bits per heavy atom. The zero-order valence-corrected chi connectivity index (χ0v) is 13.1. The number of likely N-dealkylation sites (N-methyl/N-ethyl adjacent to an activating group) is 1. The van der Waals surface area contributed by atoms with E-state index in [4.69, 9.17) is 4.74 Å². The second kappa shape index (κ2) is 6.91. The van der Waals surface area contributed by atoms with Crippen LogP contribution in [-0.2, 0) is 4.74 Å². The molecule has 0 bridgehead atoms. The van der Waals surface area contributed by atoms with E-state index < -0.39 is 0 Å². The first-order valence-electron chi connectivity index (χ1n) is 7.78. The lowest BCUT2D eigenvalue weighted by Crippen LogP contribution is -2.47. The minimum absolute atomic E-state index is 0.119. The summed E-state index contributed by atoms with van der Waals surface area (Å²) >= 11 is 0. The summed E-state index contributed by atoms with van der Waals surface area (Å²) in [5.74, 6) is 0.859. The van der Waals surface area contributed by atoms with Gasteiger partial charge in [0.15, 0.2) is 0 Å². The monoisotopic (exact) mass is 255 g/mol. The van der Waals surface area contributed by atoms with E-state index in [0.29, 0.717) is 5.41 Å². The molecule has 0 aliphatic heterocycles. The molecule has 2 heteroatoms. The minimum atomic E-state index is 0.119. The summed E-state index contributed by atoms with van der Waals surface area (Å²) in [7, 11) is 0. The highest BCUT2D eigenvalue weighted by molar-refractivity contribution is 4.92. The molecule has 0 heterocycles. The smallest absolute Gasteiger partial charge is 0.0806 e. The van der Waals surface area contributed by atoms with Crippen LogP contribution in [0.5, 0.6) is 0 Å². The van der Waals surface area contributed by atoms with E-state index in [2.05, 4.69) is 39.9 Å². The Morgan fingerprint density at radius 1 is 1.17 bits per heavy atom. The second-order valence-corrected chi connectivity index (χ2v) is 6.95. The Labute approximate surface area is 114 Å². The molecular weight excluding hydrogens is 222 g/mol. The molecule has 0 unspecified atom stereocenters. The van der Waals surface area contributed by atoms with Crippen LogP contribution in [0, 0.1) is 11.3 Å². The maximum absolute atomic E-state index is 6.22. The summed E-state index contributed by atoms with van der Waals surface area (Å²) in [5, 5.41) is 3.50. The van der Waals surface area contributed by atoms with Crippen LogP contribution in [0.25, 0.3) is 0 Å². The molecule has 1 fully saturated rings. The highest BCUT2D eigenvalue weighted by Crippen LogP contribution is 2.42. The average Bonchev–Trinajstić information content (AvgIpc) is 2.33. The van der Waals surface area contributed by atoms with Crippen molar-refractivity contribution >= 4 is 0 Å². The fraction of sp³-hybridized carbons (Fsp3) is 1.00. The third-order valence-electron chi connectivity index (χ3n) is 4.43. The molecule has 0 radical (unpaired) electrons. The third-order valence-corrected chi connectivity index (χ3v) is 4.43. The van der Waals surface area contributed by atoms with Crippen molar-refractivity contribution in [1.82, 2.24) is 5.32 Å². The Kier molecular flexibility index (Phi) is 6.13. The lowest BCUT2D eigenvalue weighted by atomic mass is 9.68. The highest BCUT2D eigenvalue weighted by atomic mass is 16.5. The molecule has 0 spiro atoms. The van der Waals surface area contributed by atoms with E-state index in [-0.39, 0.29) is 5.60 Å². The molecule has 0 aromatic carbocycles. The van der Waals surface area contributed by atoms with Crippen LogP contribution in [0.3, 0.4) is 0 Å². The van der Waals surface area contributed by atoms with Gasteiger partial charge >= 0.3 is 0 Å². The van der Waals surface area contributed by atoms with Gasteiger partial charge in [-0.2, -0.15) is 0 Å². The first-order valence-corrected chi connectivity index (χ1v) is 7.78. The van der Waals surface area contributed by atoms with E-state index in [0.717, 1.165) is 32.0 Å². The fourth-order valence-electron chi connectivity index (χ4n) is 3.05. The molecular formula is C16H33NO. The predicted octanol–water partition coefficient (Wildman–Crippen LogP) is 4.00. The zero-order chi connectivity index (χ0) is 13.6. The van der Waals surface area contributed by atoms with E-state index in [1.807, 2.05) is 0 Å². The van der Waals surface area contributed by atoms with Gasteiger partial charge in [0.25, 0.3) is 0 Å². The van der Waals surface area contributed by atoms with Crippen LogP contribution in [0.4, 0.5) is 0 Å². The van der Waals surface area contributed by atoms with Crippen LogP contribution in [0.15, 0.2) is 0 Å². The quantitative estimate of drug-likeness (QED) is 0.774. The van der Waals surface area contributed by atoms with Gasteiger partial charge < -0.3 is 10.1 Å². The lowest BCUT2D eigenvalue weighted by molar-refractivity contribution is -0.0840. The number of hydrogen-bond acceptors (Lipinski definition) is 2. The van der Waals surface area contributed by atoms with Gasteiger partial charge in [0.05, 0.1) is 5.60 Å². The van der Waals surface area contributed by atoms with Gasteiger partial charge in [-0.15, -0.1) is 0 Å². The first kappa shape index (κ1) is 16.0. The van der Waals surface area contributed by atoms with Crippen LogP contribution >= 0.6 is 0 Å². The van der Waals surface area contributed by atoms with Gasteiger partial charge in [0.2, 0.25) is 0 Å². The molecule has 1 aliphatic carbocycles. The lowest BCUT2D eigenvalue weighted by Gasteiger charge is -2.44. The largest absolute Gasteiger partial charge is 0.374 e. The van der Waals surface area contributed by atoms with Gasteiger partial charge in [-0.25, -0.2) is 0 Å². The molecule has 108 valence electrons. The van der Waals surface area contributed by atoms with Crippen molar-refractivity contribution in [3.8, 4) is 0 Å². The van der Waals surface area contributed by atoms with Crippen LogP contribution in [-0.4, -0.2) is 25.3 Å². The van der Waals surface area contributed by atoms with Gasteiger partial charge in [-0.05, 0) is 50.0 Å². The van der Waals surface area contributed by atoms with Crippen molar-refractivity contribution in [2.75, 3.05) is 19.7 Å². The Hall–Kier alpha value is -0.0800. The average molecular weight is 255 g/mol. The number of ether oxygens (including phenoxy) is 1. The molecule has 2 nitrogen and oxygen atoms in total. The highest BCUT2D eigenvalue weighted by Gasteiger charge is 2.39. The SMILES string of the molecule is CCCOC1(CNCC)CCC(C(C)(C)C)CC1. The van der Waals surface area contributed by atoms with E-state index in [9.17, 15) is 0 Å². The summed E-state index contributed by atoms with van der Waals surface area (Å²) in [6.07, 6.45) is 6.21. The van der Waals surface area contributed by atoms with Gasteiger partial charge in [-0.3, -0.25) is 0 Å². The van der Waals surface area contributed by atoms with E-state index in [1.165, 1.54) is 25.7 Å². The molecule has 0 atom stereocenters. The van der Waals surface area contributed by atoms with Crippen molar-refractivity contribution in [3.05, 3.63) is 0 Å². The topological polar surface area (TPSA) is 21.3 Å². The number of hydrogen-bond donors (Lipinski definition) is 1. The van der Waals surface area contributed by atoms with Crippen LogP contribution in [0.1, 0.15) is 66.7 Å². The van der Waals surface area contributed by atoms with E-state index in [1.54, 1.807) is 0 Å². The standard InChI is InChI=1S/C16H33NO/c1-6-12-18-16(13-17-7-2)10-8-14(9-11-16)15(3,4)5/h14,17H,6-13H2,1-5H3. The van der Waals surface area contributed by atoms with Crippen LogP contribution in [0.2, 0.25) is 0 Å². The summed E-state index contributed by atoms with van der Waals surface area (Å²) in [6.45, 7) is 14.5. The summed E-state index contributed by atoms with van der Waals surface area (Å²) in [4.78, 5) is 0. The van der Waals surface area contributed by atoms with Crippen molar-refractivity contribution < 1.29 is 4.74 Å². The molecule has 0 aromatic rings. The maximum Gasteiger partial charge on any atom is 0.0806 e. The second-order valence-electron chi connectivity index (χ2n) is 6.95. The summed E-state index contributed by atoms with van der Waals surface area (Å²) < 4.78 is 6.22. The molecule has 1 saturated carbocycles. The van der Waals surface area contributed by atoms with Gasteiger partial charge in [-0.1, -0.05) is 34.6 Å². The van der Waals surface area contributed by atoms with Gasteiger partial charge in [0.1, 0.15) is 0 Å². The van der Waals surface area contributed by atoms with E-state index >= 15 is 0 Å². The minimum Gasteiger partial charge on any atom is -0.374 e. The molecule has 1 N–H and O–H groups in total. The Morgan fingerprint density at radius 2 is 1.78 bits per heavy atom. The molecule has 0 saturated heterocycles. The summed E-state index contributed by atoms with van der Waals surface area (Å²) in [5.41, 5.74) is 0.572. The zero-order valence-electron chi connectivity index (χ0n) is 13.1. The van der Waals surface area contributed by atoms with Crippen molar-refractivity contribution in [1.29, 1.82) is 0 Å². The Bertz CT molecular complexity index is 214. The molecule has 18 heavy (non-hydrogen) atoms.